The fraction of sp³-hybridized carbons (Fsp3) is 0.714. The number of nitrogens with two attached hydrogens (primary N) is 1. The van der Waals surface area contributed by atoms with Crippen molar-refractivity contribution in [2.24, 2.45) is 11.7 Å². The van der Waals surface area contributed by atoms with Crippen LogP contribution in [0.2, 0.25) is 0 Å². The largest absolute Gasteiger partial charge is 0.355 e. The van der Waals surface area contributed by atoms with E-state index in [1.54, 1.807) is 11.3 Å². The van der Waals surface area contributed by atoms with Gasteiger partial charge in [-0.25, -0.2) is 4.98 Å². The summed E-state index contributed by atoms with van der Waals surface area (Å²) in [5, 5.41) is 6.08. The van der Waals surface area contributed by atoms with Crippen molar-refractivity contribution in [3.8, 4) is 0 Å². The Morgan fingerprint density at radius 2 is 1.95 bits per heavy atom. The molecule has 124 valence electrons. The third-order valence-corrected chi connectivity index (χ3v) is 4.07. The summed E-state index contributed by atoms with van der Waals surface area (Å²) >= 11 is 1.66. The maximum Gasteiger partial charge on any atom is 0.224 e. The van der Waals surface area contributed by atoms with Crippen LogP contribution in [-0.4, -0.2) is 23.5 Å². The highest BCUT2D eigenvalue weighted by Gasteiger charge is 2.18. The highest BCUT2D eigenvalue weighted by Crippen LogP contribution is 2.23. The van der Waals surface area contributed by atoms with Gasteiger partial charge in [0.2, 0.25) is 5.91 Å². The van der Waals surface area contributed by atoms with Gasteiger partial charge in [-0.1, -0.05) is 27.7 Å². The summed E-state index contributed by atoms with van der Waals surface area (Å²) < 4.78 is 0. The third-order valence-electron chi connectivity index (χ3n) is 3.16. The lowest BCUT2D eigenvalue weighted by atomic mass is 9.93. The van der Waals surface area contributed by atoms with Crippen molar-refractivity contribution in [1.29, 1.82) is 0 Å². The van der Waals surface area contributed by atoms with Gasteiger partial charge in [0.15, 0.2) is 0 Å². The second-order valence-corrected chi connectivity index (χ2v) is 7.01. The molecule has 4 nitrogen and oxygen atoms in total. The van der Waals surface area contributed by atoms with Crippen LogP contribution in [-0.2, 0) is 16.6 Å². The van der Waals surface area contributed by atoms with Crippen LogP contribution in [0.5, 0.6) is 0 Å². The molecule has 0 aromatic carbocycles. The van der Waals surface area contributed by atoms with Gasteiger partial charge in [0.05, 0.1) is 10.7 Å². The molecule has 0 spiro atoms. The van der Waals surface area contributed by atoms with Crippen molar-refractivity contribution in [3.63, 3.8) is 0 Å². The minimum Gasteiger partial charge on any atom is -0.355 e. The molecule has 1 heterocycles. The number of carbonyl (C=O) groups excluding carboxylic acids is 1. The molecule has 1 rings (SSSR count). The van der Waals surface area contributed by atoms with E-state index in [1.807, 2.05) is 13.8 Å². The summed E-state index contributed by atoms with van der Waals surface area (Å²) in [6, 6.07) is -0.118. The Hall–Kier alpha value is -0.360. The smallest absolute Gasteiger partial charge is 0.224 e. The average molecular weight is 356 g/mol. The van der Waals surface area contributed by atoms with Gasteiger partial charge in [0.25, 0.3) is 0 Å². The van der Waals surface area contributed by atoms with E-state index in [0.717, 1.165) is 17.1 Å². The van der Waals surface area contributed by atoms with Gasteiger partial charge in [0.1, 0.15) is 0 Å². The van der Waals surface area contributed by atoms with Crippen LogP contribution in [0.1, 0.15) is 45.3 Å². The van der Waals surface area contributed by atoms with Crippen LogP contribution < -0.4 is 11.1 Å². The lowest BCUT2D eigenvalue weighted by Crippen LogP contribution is -2.39. The number of nitrogens with zero attached hydrogens (tertiary/aromatic N) is 1. The number of carbonyl (C=O) groups is 1. The molecule has 2 atom stereocenters. The number of hydrogen-bond acceptors (Lipinski definition) is 4. The van der Waals surface area contributed by atoms with Gasteiger partial charge < -0.3 is 11.1 Å². The zero-order valence-electron chi connectivity index (χ0n) is 13.3. The van der Waals surface area contributed by atoms with E-state index in [2.05, 4.69) is 36.5 Å². The summed E-state index contributed by atoms with van der Waals surface area (Å²) in [6.07, 6.45) is 0.776. The summed E-state index contributed by atoms with van der Waals surface area (Å²) in [7, 11) is 0. The quantitative estimate of drug-likeness (QED) is 0.852. The Kier molecular flexibility index (Phi) is 10.5. The Morgan fingerprint density at radius 1 is 1.38 bits per heavy atom. The molecule has 21 heavy (non-hydrogen) atoms. The van der Waals surface area contributed by atoms with Crippen LogP contribution in [0.4, 0.5) is 0 Å². The number of nitrogens with one attached hydrogen (secondary N) is 1. The summed E-state index contributed by atoms with van der Waals surface area (Å²) in [4.78, 5) is 16.3. The van der Waals surface area contributed by atoms with Crippen LogP contribution in [0.3, 0.4) is 0 Å². The standard InChI is InChI=1S/C14H25N3OS.2ClH/c1-9(10(2)15)13(18)16-7-6-12-17-11(8-19-12)14(3,4)5;;/h8-10H,6-7,15H2,1-5H3,(H,16,18);2*1H. The first-order chi connectivity index (χ1) is 8.71. The zero-order valence-corrected chi connectivity index (χ0v) is 15.8. The predicted octanol–water partition coefficient (Wildman–Crippen LogP) is 2.93. The van der Waals surface area contributed by atoms with Crippen LogP contribution >= 0.6 is 36.2 Å². The minimum absolute atomic E-state index is 0. The molecule has 0 aliphatic carbocycles. The average Bonchev–Trinajstić information content (AvgIpc) is 2.76. The van der Waals surface area contributed by atoms with Crippen molar-refractivity contribution in [2.75, 3.05) is 6.54 Å². The molecule has 0 saturated heterocycles. The number of rotatable bonds is 5. The second-order valence-electron chi connectivity index (χ2n) is 6.07. The van der Waals surface area contributed by atoms with Crippen LogP contribution in [0.15, 0.2) is 5.38 Å². The highest BCUT2D eigenvalue weighted by molar-refractivity contribution is 7.09. The third kappa shape index (κ3) is 7.45. The molecular formula is C14H27Cl2N3OS. The zero-order chi connectivity index (χ0) is 14.6. The maximum atomic E-state index is 11.7. The van der Waals surface area contributed by atoms with Gasteiger partial charge in [-0.3, -0.25) is 4.79 Å². The van der Waals surface area contributed by atoms with Gasteiger partial charge in [-0.15, -0.1) is 36.2 Å². The Labute approximate surface area is 144 Å². The number of hydrogen-bond donors (Lipinski definition) is 2. The van der Waals surface area contributed by atoms with Gasteiger partial charge in [-0.05, 0) is 6.92 Å². The SMILES string of the molecule is CC(N)C(C)C(=O)NCCc1nc(C(C)(C)C)cs1.Cl.Cl. The molecule has 0 radical (unpaired) electrons. The molecule has 0 bridgehead atoms. The Balaban J connectivity index is 0. The van der Waals surface area contributed by atoms with Crippen molar-refractivity contribution in [2.45, 2.75) is 52.5 Å². The molecule has 1 aromatic rings. The number of thiazole rings is 1. The first-order valence-corrected chi connectivity index (χ1v) is 7.58. The van der Waals surface area contributed by atoms with E-state index in [9.17, 15) is 4.79 Å². The minimum atomic E-state index is -0.151. The molecular weight excluding hydrogens is 329 g/mol. The first-order valence-electron chi connectivity index (χ1n) is 6.70. The maximum absolute atomic E-state index is 11.7. The molecule has 2 unspecified atom stereocenters. The lowest BCUT2D eigenvalue weighted by Gasteiger charge is -2.15. The van der Waals surface area contributed by atoms with E-state index < -0.39 is 0 Å². The van der Waals surface area contributed by atoms with E-state index in [0.29, 0.717) is 6.54 Å². The van der Waals surface area contributed by atoms with Crippen molar-refractivity contribution in [1.82, 2.24) is 10.3 Å². The monoisotopic (exact) mass is 355 g/mol. The summed E-state index contributed by atoms with van der Waals surface area (Å²) in [6.45, 7) is 10.8. The lowest BCUT2D eigenvalue weighted by molar-refractivity contribution is -0.124. The van der Waals surface area contributed by atoms with Gasteiger partial charge in [0, 0.05) is 35.7 Å². The summed E-state index contributed by atoms with van der Waals surface area (Å²) in [5.41, 5.74) is 6.90. The van der Waals surface area contributed by atoms with E-state index in [1.165, 1.54) is 0 Å². The fourth-order valence-corrected chi connectivity index (χ4v) is 2.49. The van der Waals surface area contributed by atoms with Crippen LogP contribution in [0, 0.1) is 5.92 Å². The van der Waals surface area contributed by atoms with Gasteiger partial charge in [-0.2, -0.15) is 0 Å². The van der Waals surface area contributed by atoms with Crippen LogP contribution in [0.25, 0.3) is 0 Å². The van der Waals surface area contributed by atoms with E-state index in [-0.39, 0.29) is 48.1 Å². The Bertz CT molecular complexity index is 430. The van der Waals surface area contributed by atoms with Crippen molar-refractivity contribution in [3.05, 3.63) is 16.1 Å². The summed E-state index contributed by atoms with van der Waals surface area (Å²) in [5.74, 6) is -0.135. The Morgan fingerprint density at radius 3 is 2.38 bits per heavy atom. The highest BCUT2D eigenvalue weighted by atomic mass is 35.5. The number of aromatic nitrogens is 1. The molecule has 0 saturated carbocycles. The molecule has 1 amide bonds. The molecule has 3 N–H and O–H groups in total. The molecule has 1 aromatic heterocycles. The fourth-order valence-electron chi connectivity index (χ4n) is 1.46. The molecule has 0 aliphatic heterocycles. The van der Waals surface area contributed by atoms with Crippen molar-refractivity contribution >= 4 is 42.1 Å². The second kappa shape index (κ2) is 9.62. The van der Waals surface area contributed by atoms with Gasteiger partial charge >= 0.3 is 0 Å². The molecule has 0 aliphatic rings. The molecule has 7 heteroatoms. The van der Waals surface area contributed by atoms with E-state index >= 15 is 0 Å². The number of amides is 1. The normalized spacial score (nSPS) is 13.6. The predicted molar refractivity (Wildman–Crippen MR) is 94.8 cm³/mol. The van der Waals surface area contributed by atoms with E-state index in [4.69, 9.17) is 5.73 Å². The van der Waals surface area contributed by atoms with Crippen molar-refractivity contribution < 1.29 is 4.79 Å². The number of halogens is 2. The first kappa shape index (κ1) is 22.9. The molecule has 0 fully saturated rings. The topological polar surface area (TPSA) is 68.0 Å².